The van der Waals surface area contributed by atoms with E-state index in [1.54, 1.807) is 0 Å². The van der Waals surface area contributed by atoms with E-state index in [4.69, 9.17) is 14.2 Å². The molecule has 0 bridgehead atoms. The second-order valence-electron chi connectivity index (χ2n) is 22.0. The second-order valence-corrected chi connectivity index (χ2v) is 22.0. The highest BCUT2D eigenvalue weighted by molar-refractivity contribution is 5.71. The zero-order valence-electron chi connectivity index (χ0n) is 51.0. The van der Waals surface area contributed by atoms with Gasteiger partial charge in [0.15, 0.2) is 6.10 Å². The quantitative estimate of drug-likeness (QED) is 0.0261. The maximum atomic E-state index is 12.9. The van der Waals surface area contributed by atoms with Gasteiger partial charge in [-0.3, -0.25) is 14.4 Å². The van der Waals surface area contributed by atoms with E-state index in [9.17, 15) is 14.4 Å². The Morgan fingerprint density at radius 1 is 0.273 bits per heavy atom. The largest absolute Gasteiger partial charge is 0.462 e. The molecule has 6 heteroatoms. The van der Waals surface area contributed by atoms with Crippen LogP contribution in [0.3, 0.4) is 0 Å². The molecule has 0 amide bonds. The first-order valence-corrected chi connectivity index (χ1v) is 33.1. The lowest BCUT2D eigenvalue weighted by atomic mass is 10.0. The Kier molecular flexibility index (Phi) is 62.2. The second kappa shape index (κ2) is 65.1. The van der Waals surface area contributed by atoms with Gasteiger partial charge in [0.1, 0.15) is 13.2 Å². The molecule has 77 heavy (non-hydrogen) atoms. The standard InChI is InChI=1S/C71H124O6/c1-4-7-10-13-16-19-22-25-28-31-34-35-38-40-43-46-49-52-55-58-61-64-70(73)76-67-68(77-71(74)65-62-59-56-53-50-47-44-41-37-33-30-27-24-21-18-15-12-9-6-3)66-75-69(72)63-60-57-54-51-48-45-42-39-36-32-29-26-23-20-17-14-11-8-5-2/h8,11,17-18,20-21,26-27,29-30,36,39,45,48,68H,4-7,9-10,12-16,19,22-25,28,31-35,37-38,40-44,46-47,49-67H2,1-3H3/b11-8-,20-17-,21-18-,29-26-,30-27-,39-36-,48-45-/t68-/m1/s1. The van der Waals surface area contributed by atoms with E-state index in [-0.39, 0.29) is 31.1 Å². The smallest absolute Gasteiger partial charge is 0.306 e. The Morgan fingerprint density at radius 3 is 0.831 bits per heavy atom. The van der Waals surface area contributed by atoms with Crippen LogP contribution >= 0.6 is 0 Å². The number of hydrogen-bond acceptors (Lipinski definition) is 6. The molecule has 0 aliphatic heterocycles. The Balaban J connectivity index is 4.41. The molecule has 0 aromatic rings. The van der Waals surface area contributed by atoms with Gasteiger partial charge >= 0.3 is 17.9 Å². The first kappa shape index (κ1) is 73.6. The Hall–Kier alpha value is -3.41. The van der Waals surface area contributed by atoms with Crippen LogP contribution in [0.2, 0.25) is 0 Å². The Bertz CT molecular complexity index is 1470. The predicted molar refractivity (Wildman–Crippen MR) is 334 cm³/mol. The first-order chi connectivity index (χ1) is 38.0. The predicted octanol–water partition coefficient (Wildman–Crippen LogP) is 22.7. The molecule has 0 aliphatic rings. The third kappa shape index (κ3) is 63.3. The minimum Gasteiger partial charge on any atom is -0.462 e. The van der Waals surface area contributed by atoms with Crippen molar-refractivity contribution in [3.05, 3.63) is 85.1 Å². The van der Waals surface area contributed by atoms with Gasteiger partial charge in [-0.15, -0.1) is 0 Å². The number of ether oxygens (including phenoxy) is 3. The van der Waals surface area contributed by atoms with Crippen molar-refractivity contribution in [1.29, 1.82) is 0 Å². The number of esters is 3. The normalized spacial score (nSPS) is 12.6. The fourth-order valence-electron chi connectivity index (χ4n) is 9.44. The lowest BCUT2D eigenvalue weighted by molar-refractivity contribution is -0.167. The van der Waals surface area contributed by atoms with Crippen LogP contribution in [-0.4, -0.2) is 37.2 Å². The molecule has 6 nitrogen and oxygen atoms in total. The molecule has 0 aromatic heterocycles. The lowest BCUT2D eigenvalue weighted by Gasteiger charge is -2.18. The number of hydrogen-bond donors (Lipinski definition) is 0. The lowest BCUT2D eigenvalue weighted by Crippen LogP contribution is -2.30. The van der Waals surface area contributed by atoms with Crippen molar-refractivity contribution in [2.24, 2.45) is 0 Å². The van der Waals surface area contributed by atoms with Gasteiger partial charge in [-0.25, -0.2) is 0 Å². The number of unbranched alkanes of at least 4 members (excludes halogenated alkanes) is 35. The SMILES string of the molecule is CC/C=C\C/C=C\C/C=C\C/C=C\C/C=C\CCCCCC(=O)OC[C@H](COC(=O)CCCCCCCCCCCCCCCCCCCCCCC)OC(=O)CCCCCCCCCCC/C=C\C/C=C\CCCCC. The van der Waals surface area contributed by atoms with Crippen molar-refractivity contribution in [3.8, 4) is 0 Å². The van der Waals surface area contributed by atoms with Crippen LogP contribution in [0.4, 0.5) is 0 Å². The van der Waals surface area contributed by atoms with E-state index in [0.717, 1.165) is 103 Å². The molecular weight excluding hydrogens is 949 g/mol. The van der Waals surface area contributed by atoms with Gasteiger partial charge in [-0.05, 0) is 96.3 Å². The molecule has 0 N–H and O–H groups in total. The molecule has 1 atom stereocenters. The summed E-state index contributed by atoms with van der Waals surface area (Å²) in [6.45, 7) is 6.52. The van der Waals surface area contributed by atoms with E-state index >= 15 is 0 Å². The summed E-state index contributed by atoms with van der Waals surface area (Å²) in [6.07, 6.45) is 85.9. The zero-order chi connectivity index (χ0) is 55.7. The highest BCUT2D eigenvalue weighted by atomic mass is 16.6. The molecule has 0 aliphatic carbocycles. The Labute approximate surface area is 477 Å². The van der Waals surface area contributed by atoms with Crippen molar-refractivity contribution < 1.29 is 28.6 Å². The van der Waals surface area contributed by atoms with Gasteiger partial charge in [0.05, 0.1) is 0 Å². The van der Waals surface area contributed by atoms with Gasteiger partial charge in [-0.1, -0.05) is 298 Å². The minimum atomic E-state index is -0.793. The van der Waals surface area contributed by atoms with Gasteiger partial charge in [0.2, 0.25) is 0 Å². The van der Waals surface area contributed by atoms with Crippen molar-refractivity contribution in [3.63, 3.8) is 0 Å². The number of rotatable bonds is 60. The average molecular weight is 1070 g/mol. The van der Waals surface area contributed by atoms with E-state index < -0.39 is 6.10 Å². The van der Waals surface area contributed by atoms with Crippen molar-refractivity contribution >= 4 is 17.9 Å². The van der Waals surface area contributed by atoms with E-state index in [2.05, 4.69) is 106 Å². The molecule has 0 saturated heterocycles. The number of carbonyl (C=O) groups excluding carboxylic acids is 3. The monoisotopic (exact) mass is 1070 g/mol. The van der Waals surface area contributed by atoms with Crippen molar-refractivity contribution in [2.45, 2.75) is 335 Å². The van der Waals surface area contributed by atoms with Crippen LogP contribution in [0.25, 0.3) is 0 Å². The molecule has 0 unspecified atom stereocenters. The van der Waals surface area contributed by atoms with Crippen LogP contribution in [0, 0.1) is 0 Å². The van der Waals surface area contributed by atoms with Crippen LogP contribution in [0.1, 0.15) is 329 Å². The van der Waals surface area contributed by atoms with E-state index in [0.29, 0.717) is 19.3 Å². The summed E-state index contributed by atoms with van der Waals surface area (Å²) in [5, 5.41) is 0. The van der Waals surface area contributed by atoms with Crippen LogP contribution in [0.5, 0.6) is 0 Å². The minimum absolute atomic E-state index is 0.0861. The molecule has 0 rings (SSSR count). The molecule has 0 fully saturated rings. The molecule has 444 valence electrons. The van der Waals surface area contributed by atoms with E-state index in [1.807, 2.05) is 0 Å². The summed E-state index contributed by atoms with van der Waals surface area (Å²) in [6, 6.07) is 0. The van der Waals surface area contributed by atoms with Gasteiger partial charge < -0.3 is 14.2 Å². The molecule has 0 heterocycles. The summed E-state index contributed by atoms with van der Waals surface area (Å²) >= 11 is 0. The third-order valence-electron chi connectivity index (χ3n) is 14.4. The maximum Gasteiger partial charge on any atom is 0.306 e. The van der Waals surface area contributed by atoms with Crippen molar-refractivity contribution in [1.82, 2.24) is 0 Å². The fraction of sp³-hybridized carbons (Fsp3) is 0.761. The van der Waals surface area contributed by atoms with Crippen LogP contribution in [-0.2, 0) is 28.6 Å². The molecule has 0 spiro atoms. The van der Waals surface area contributed by atoms with Crippen LogP contribution < -0.4 is 0 Å². The van der Waals surface area contributed by atoms with Crippen LogP contribution in [0.15, 0.2) is 85.1 Å². The summed E-state index contributed by atoms with van der Waals surface area (Å²) in [4.78, 5) is 38.4. The third-order valence-corrected chi connectivity index (χ3v) is 14.4. The highest BCUT2D eigenvalue weighted by Crippen LogP contribution is 2.17. The number of allylic oxidation sites excluding steroid dienone is 14. The van der Waals surface area contributed by atoms with Gasteiger partial charge in [0, 0.05) is 19.3 Å². The Morgan fingerprint density at radius 2 is 0.506 bits per heavy atom. The fourth-order valence-corrected chi connectivity index (χ4v) is 9.44. The molecule has 0 aromatic carbocycles. The topological polar surface area (TPSA) is 78.9 Å². The van der Waals surface area contributed by atoms with Crippen molar-refractivity contribution in [2.75, 3.05) is 13.2 Å². The summed E-state index contributed by atoms with van der Waals surface area (Å²) in [7, 11) is 0. The zero-order valence-corrected chi connectivity index (χ0v) is 51.0. The summed E-state index contributed by atoms with van der Waals surface area (Å²) in [5.41, 5.74) is 0. The van der Waals surface area contributed by atoms with Gasteiger partial charge in [-0.2, -0.15) is 0 Å². The molecule has 0 saturated carbocycles. The summed E-state index contributed by atoms with van der Waals surface area (Å²) in [5.74, 6) is -0.908. The van der Waals surface area contributed by atoms with Gasteiger partial charge in [0.25, 0.3) is 0 Å². The summed E-state index contributed by atoms with van der Waals surface area (Å²) < 4.78 is 16.9. The first-order valence-electron chi connectivity index (χ1n) is 33.1. The molecule has 0 radical (unpaired) electrons. The average Bonchev–Trinajstić information content (AvgIpc) is 3.43. The highest BCUT2D eigenvalue weighted by Gasteiger charge is 2.19. The van der Waals surface area contributed by atoms with E-state index in [1.165, 1.54) is 186 Å². The number of carbonyl (C=O) groups is 3. The maximum absolute atomic E-state index is 12.9. The molecular formula is C71H124O6.